The number of methoxy groups -OCH3 is 1. The second-order valence-electron chi connectivity index (χ2n) is 5.43. The minimum atomic E-state index is -3.53. The van der Waals surface area contributed by atoms with Gasteiger partial charge in [0, 0.05) is 17.1 Å². The standard InChI is InChI=1S/C15H22BrNO3S/c1-4-12-7-5-6-8-17(12)21(18,19)15-10-13(16)11(2)9-14(15)20-3/h9-10,12H,4-8H2,1-3H3. The van der Waals surface area contributed by atoms with E-state index in [2.05, 4.69) is 15.9 Å². The molecular formula is C15H22BrNO3S. The summed E-state index contributed by atoms with van der Waals surface area (Å²) >= 11 is 3.42. The van der Waals surface area contributed by atoms with Gasteiger partial charge in [-0.25, -0.2) is 8.42 Å². The molecule has 4 nitrogen and oxygen atoms in total. The minimum absolute atomic E-state index is 0.0912. The highest BCUT2D eigenvalue weighted by molar-refractivity contribution is 9.10. The van der Waals surface area contributed by atoms with Crippen LogP contribution in [-0.2, 0) is 10.0 Å². The summed E-state index contributed by atoms with van der Waals surface area (Å²) in [5, 5.41) is 0. The van der Waals surface area contributed by atoms with Gasteiger partial charge >= 0.3 is 0 Å². The SMILES string of the molecule is CCC1CCCCN1S(=O)(=O)c1cc(Br)c(C)cc1OC. The molecule has 1 saturated heterocycles. The third-order valence-electron chi connectivity index (χ3n) is 4.08. The van der Waals surface area contributed by atoms with Crippen molar-refractivity contribution in [1.82, 2.24) is 4.31 Å². The Morgan fingerprint density at radius 2 is 2.10 bits per heavy atom. The summed E-state index contributed by atoms with van der Waals surface area (Å²) in [5.41, 5.74) is 0.955. The van der Waals surface area contributed by atoms with Gasteiger partial charge in [-0.1, -0.05) is 29.3 Å². The number of piperidine rings is 1. The van der Waals surface area contributed by atoms with Crippen LogP contribution in [0.5, 0.6) is 5.75 Å². The van der Waals surface area contributed by atoms with Crippen molar-refractivity contribution in [3.05, 3.63) is 22.2 Å². The first-order valence-electron chi connectivity index (χ1n) is 7.27. The van der Waals surface area contributed by atoms with E-state index in [-0.39, 0.29) is 10.9 Å². The number of hydrogen-bond donors (Lipinski definition) is 0. The van der Waals surface area contributed by atoms with Crippen LogP contribution in [0, 0.1) is 6.92 Å². The zero-order chi connectivity index (χ0) is 15.6. The number of nitrogens with zero attached hydrogens (tertiary/aromatic N) is 1. The molecule has 1 aromatic carbocycles. The van der Waals surface area contributed by atoms with Gasteiger partial charge in [-0.05, 0) is 43.9 Å². The Hall–Kier alpha value is -0.590. The van der Waals surface area contributed by atoms with Crippen molar-refractivity contribution in [2.24, 2.45) is 0 Å². The fraction of sp³-hybridized carbons (Fsp3) is 0.600. The van der Waals surface area contributed by atoms with Crippen LogP contribution in [-0.4, -0.2) is 32.4 Å². The van der Waals surface area contributed by atoms with Crippen molar-refractivity contribution < 1.29 is 13.2 Å². The fourth-order valence-electron chi connectivity index (χ4n) is 2.82. The lowest BCUT2D eigenvalue weighted by Gasteiger charge is -2.34. The third kappa shape index (κ3) is 3.27. The van der Waals surface area contributed by atoms with Crippen LogP contribution in [0.25, 0.3) is 0 Å². The van der Waals surface area contributed by atoms with Gasteiger partial charge in [0.25, 0.3) is 0 Å². The van der Waals surface area contributed by atoms with Crippen molar-refractivity contribution in [2.75, 3.05) is 13.7 Å². The lowest BCUT2D eigenvalue weighted by Crippen LogP contribution is -2.43. The molecule has 1 heterocycles. The lowest BCUT2D eigenvalue weighted by atomic mass is 10.0. The Kier molecular flexibility index (Phi) is 5.33. The molecule has 1 aromatic rings. The number of ether oxygens (including phenoxy) is 1. The predicted molar refractivity (Wildman–Crippen MR) is 87.3 cm³/mol. The summed E-state index contributed by atoms with van der Waals surface area (Å²) < 4.78 is 33.8. The van der Waals surface area contributed by atoms with Crippen molar-refractivity contribution in [3.63, 3.8) is 0 Å². The summed E-state index contributed by atoms with van der Waals surface area (Å²) in [6, 6.07) is 3.51. The van der Waals surface area contributed by atoms with E-state index < -0.39 is 10.0 Å². The predicted octanol–water partition coefficient (Wildman–Crippen LogP) is 3.72. The Labute approximate surface area is 135 Å². The van der Waals surface area contributed by atoms with Gasteiger partial charge < -0.3 is 4.74 Å². The molecule has 0 N–H and O–H groups in total. The number of sulfonamides is 1. The highest BCUT2D eigenvalue weighted by Crippen LogP contribution is 2.35. The van der Waals surface area contributed by atoms with Crippen molar-refractivity contribution >= 4 is 26.0 Å². The summed E-state index contributed by atoms with van der Waals surface area (Å²) in [6.07, 6.45) is 3.80. The Morgan fingerprint density at radius 1 is 1.38 bits per heavy atom. The smallest absolute Gasteiger partial charge is 0.247 e. The normalized spacial score (nSPS) is 20.5. The van der Waals surface area contributed by atoms with Gasteiger partial charge in [-0.15, -0.1) is 0 Å². The molecule has 0 aromatic heterocycles. The van der Waals surface area contributed by atoms with E-state index in [1.807, 2.05) is 13.8 Å². The third-order valence-corrected chi connectivity index (χ3v) is 6.90. The molecule has 1 fully saturated rings. The topological polar surface area (TPSA) is 46.6 Å². The quantitative estimate of drug-likeness (QED) is 0.805. The zero-order valence-corrected chi connectivity index (χ0v) is 15.1. The summed E-state index contributed by atoms with van der Waals surface area (Å²) in [5.74, 6) is 0.413. The molecule has 0 amide bonds. The van der Waals surface area contributed by atoms with Crippen LogP contribution in [0.2, 0.25) is 0 Å². The number of rotatable bonds is 4. The van der Waals surface area contributed by atoms with Gasteiger partial charge in [0.15, 0.2) is 0 Å². The number of benzene rings is 1. The maximum atomic E-state index is 13.0. The van der Waals surface area contributed by atoms with Crippen LogP contribution < -0.4 is 4.74 Å². The van der Waals surface area contributed by atoms with Crippen molar-refractivity contribution in [1.29, 1.82) is 0 Å². The van der Waals surface area contributed by atoms with E-state index >= 15 is 0 Å². The van der Waals surface area contributed by atoms with E-state index in [4.69, 9.17) is 4.74 Å². The molecule has 0 saturated carbocycles. The van der Waals surface area contributed by atoms with Crippen LogP contribution in [0.3, 0.4) is 0 Å². The van der Waals surface area contributed by atoms with Crippen molar-refractivity contribution in [2.45, 2.75) is 50.5 Å². The number of hydrogen-bond acceptors (Lipinski definition) is 3. The highest BCUT2D eigenvalue weighted by Gasteiger charge is 2.34. The van der Waals surface area contributed by atoms with Gasteiger partial charge in [-0.3, -0.25) is 0 Å². The van der Waals surface area contributed by atoms with Crippen LogP contribution in [0.15, 0.2) is 21.5 Å². The molecule has 0 spiro atoms. The summed E-state index contributed by atoms with van der Waals surface area (Å²) in [4.78, 5) is 0.253. The van der Waals surface area contributed by atoms with E-state index in [1.165, 1.54) is 7.11 Å². The largest absolute Gasteiger partial charge is 0.495 e. The van der Waals surface area contributed by atoms with Gasteiger partial charge in [0.05, 0.1) is 7.11 Å². The number of halogens is 1. The molecule has 2 rings (SSSR count). The molecule has 118 valence electrons. The van der Waals surface area contributed by atoms with E-state index in [0.717, 1.165) is 35.7 Å². The maximum Gasteiger partial charge on any atom is 0.247 e. The number of aryl methyl sites for hydroxylation is 1. The Morgan fingerprint density at radius 3 is 2.71 bits per heavy atom. The van der Waals surface area contributed by atoms with Gasteiger partial charge in [-0.2, -0.15) is 4.31 Å². The molecule has 0 bridgehead atoms. The van der Waals surface area contributed by atoms with E-state index in [9.17, 15) is 8.42 Å². The van der Waals surface area contributed by atoms with Crippen molar-refractivity contribution in [3.8, 4) is 5.75 Å². The Balaban J connectivity index is 2.50. The second-order valence-corrected chi connectivity index (χ2v) is 8.14. The maximum absolute atomic E-state index is 13.0. The highest BCUT2D eigenvalue weighted by atomic mass is 79.9. The lowest BCUT2D eigenvalue weighted by molar-refractivity contribution is 0.246. The molecule has 0 aliphatic carbocycles. The van der Waals surface area contributed by atoms with Crippen LogP contribution in [0.1, 0.15) is 38.2 Å². The second kappa shape index (κ2) is 6.67. The molecule has 6 heteroatoms. The molecular weight excluding hydrogens is 354 g/mol. The summed E-state index contributed by atoms with van der Waals surface area (Å²) in [6.45, 7) is 4.55. The molecule has 1 unspecified atom stereocenters. The molecule has 1 aliphatic heterocycles. The van der Waals surface area contributed by atoms with E-state index in [0.29, 0.717) is 12.3 Å². The zero-order valence-electron chi connectivity index (χ0n) is 12.7. The molecule has 1 atom stereocenters. The minimum Gasteiger partial charge on any atom is -0.495 e. The Bertz CT molecular complexity index is 616. The molecule has 1 aliphatic rings. The average molecular weight is 376 g/mol. The van der Waals surface area contributed by atoms with Gasteiger partial charge in [0.1, 0.15) is 10.6 Å². The summed E-state index contributed by atoms with van der Waals surface area (Å²) in [7, 11) is -2.02. The van der Waals surface area contributed by atoms with Crippen LogP contribution in [0.4, 0.5) is 0 Å². The van der Waals surface area contributed by atoms with Crippen LogP contribution >= 0.6 is 15.9 Å². The monoisotopic (exact) mass is 375 g/mol. The molecule has 21 heavy (non-hydrogen) atoms. The molecule has 0 radical (unpaired) electrons. The average Bonchev–Trinajstić information content (AvgIpc) is 2.49. The fourth-order valence-corrected chi connectivity index (χ4v) is 5.25. The first kappa shape index (κ1) is 16.8. The van der Waals surface area contributed by atoms with E-state index in [1.54, 1.807) is 16.4 Å². The first-order valence-corrected chi connectivity index (χ1v) is 9.51. The van der Waals surface area contributed by atoms with Gasteiger partial charge in [0.2, 0.25) is 10.0 Å². The first-order chi connectivity index (χ1) is 9.91.